The van der Waals surface area contributed by atoms with Crippen LogP contribution in [0.2, 0.25) is 0 Å². The molecule has 0 fully saturated rings. The van der Waals surface area contributed by atoms with Crippen LogP contribution in [0.1, 0.15) is 45.6 Å². The minimum Gasteiger partial charge on any atom is -0.349 e. The van der Waals surface area contributed by atoms with Gasteiger partial charge in [-0.15, -0.1) is 0 Å². The topological polar surface area (TPSA) is 92.6 Å². The molecule has 0 bridgehead atoms. The number of aryl methyl sites for hydroxylation is 1. The van der Waals surface area contributed by atoms with Gasteiger partial charge in [0.25, 0.3) is 11.6 Å². The van der Waals surface area contributed by atoms with Crippen molar-refractivity contribution < 1.29 is 14.5 Å². The van der Waals surface area contributed by atoms with Crippen LogP contribution in [0.5, 0.6) is 0 Å². The minimum atomic E-state index is -0.495. The molecule has 0 aliphatic rings. The molecule has 4 rings (SSSR count). The van der Waals surface area contributed by atoms with Gasteiger partial charge in [-0.25, -0.2) is 0 Å². The standard InChI is InChI=1S/C31H29N3O4/c1-22-11-13-24(14-12-22)21-33(31(36)27-15-17-28(18-16-27)34(37)38)29-10-6-7-25(19-29)20-30(35)32-23(2)26-8-4-3-5-9-26/h3-19,23H,20-21H2,1-2H3,(H,32,35). The Morgan fingerprint density at radius 3 is 2.21 bits per heavy atom. The average molecular weight is 508 g/mol. The first kappa shape index (κ1) is 26.3. The van der Waals surface area contributed by atoms with E-state index < -0.39 is 4.92 Å². The molecule has 4 aromatic carbocycles. The average Bonchev–Trinajstić information content (AvgIpc) is 2.93. The summed E-state index contributed by atoms with van der Waals surface area (Å²) in [7, 11) is 0. The molecule has 38 heavy (non-hydrogen) atoms. The van der Waals surface area contributed by atoms with E-state index in [1.807, 2.05) is 92.7 Å². The summed E-state index contributed by atoms with van der Waals surface area (Å²) in [6.07, 6.45) is 0.162. The maximum absolute atomic E-state index is 13.6. The van der Waals surface area contributed by atoms with Gasteiger partial charge in [-0.1, -0.05) is 72.3 Å². The van der Waals surface area contributed by atoms with E-state index in [4.69, 9.17) is 0 Å². The lowest BCUT2D eigenvalue weighted by Gasteiger charge is -2.24. The number of hydrogen-bond donors (Lipinski definition) is 1. The van der Waals surface area contributed by atoms with Crippen molar-refractivity contribution in [1.82, 2.24) is 5.32 Å². The molecular weight excluding hydrogens is 478 g/mol. The Morgan fingerprint density at radius 2 is 1.55 bits per heavy atom. The first-order chi connectivity index (χ1) is 18.3. The van der Waals surface area contributed by atoms with Crippen molar-refractivity contribution in [2.24, 2.45) is 0 Å². The van der Waals surface area contributed by atoms with Crippen molar-refractivity contribution in [3.63, 3.8) is 0 Å². The molecule has 0 aliphatic heterocycles. The number of carbonyl (C=O) groups is 2. The molecular formula is C31H29N3O4. The number of benzene rings is 4. The molecule has 1 N–H and O–H groups in total. The van der Waals surface area contributed by atoms with Gasteiger partial charge in [0.15, 0.2) is 0 Å². The number of non-ortho nitro benzene ring substituents is 1. The fourth-order valence-corrected chi connectivity index (χ4v) is 4.18. The summed E-state index contributed by atoms with van der Waals surface area (Å²) in [5, 5.41) is 14.1. The number of amides is 2. The molecule has 7 nitrogen and oxygen atoms in total. The highest BCUT2D eigenvalue weighted by molar-refractivity contribution is 6.06. The van der Waals surface area contributed by atoms with Gasteiger partial charge in [0.05, 0.1) is 23.9 Å². The number of nitro benzene ring substituents is 1. The Morgan fingerprint density at radius 1 is 0.868 bits per heavy atom. The van der Waals surface area contributed by atoms with E-state index in [-0.39, 0.29) is 30.0 Å². The molecule has 192 valence electrons. The zero-order chi connectivity index (χ0) is 27.1. The Kier molecular flexibility index (Phi) is 8.28. The van der Waals surface area contributed by atoms with E-state index >= 15 is 0 Å². The molecule has 0 radical (unpaired) electrons. The molecule has 2 amide bonds. The fourth-order valence-electron chi connectivity index (χ4n) is 4.18. The van der Waals surface area contributed by atoms with Gasteiger partial charge in [-0.3, -0.25) is 19.7 Å². The van der Waals surface area contributed by atoms with Crippen LogP contribution in [0.15, 0.2) is 103 Å². The summed E-state index contributed by atoms with van der Waals surface area (Å²) in [5.41, 5.74) is 4.73. The van der Waals surface area contributed by atoms with E-state index in [9.17, 15) is 19.7 Å². The summed E-state index contributed by atoms with van der Waals surface area (Å²) < 4.78 is 0. The highest BCUT2D eigenvalue weighted by atomic mass is 16.6. The van der Waals surface area contributed by atoms with Crippen LogP contribution in [-0.4, -0.2) is 16.7 Å². The maximum atomic E-state index is 13.6. The van der Waals surface area contributed by atoms with E-state index in [2.05, 4.69) is 5.32 Å². The number of nitro groups is 1. The van der Waals surface area contributed by atoms with Gasteiger partial charge in [-0.05, 0) is 54.8 Å². The molecule has 1 atom stereocenters. The number of nitrogens with zero attached hydrogens (tertiary/aromatic N) is 2. The number of hydrogen-bond acceptors (Lipinski definition) is 4. The third-order valence-corrected chi connectivity index (χ3v) is 6.30. The second-order valence-electron chi connectivity index (χ2n) is 9.23. The van der Waals surface area contributed by atoms with Crippen LogP contribution in [0.25, 0.3) is 0 Å². The van der Waals surface area contributed by atoms with Gasteiger partial charge >= 0.3 is 0 Å². The lowest BCUT2D eigenvalue weighted by Crippen LogP contribution is -2.31. The lowest BCUT2D eigenvalue weighted by molar-refractivity contribution is -0.384. The van der Waals surface area contributed by atoms with Crippen LogP contribution in [0, 0.1) is 17.0 Å². The fraction of sp³-hybridized carbons (Fsp3) is 0.161. The van der Waals surface area contributed by atoms with Gasteiger partial charge in [-0.2, -0.15) is 0 Å². The first-order valence-corrected chi connectivity index (χ1v) is 12.4. The number of anilines is 1. The smallest absolute Gasteiger partial charge is 0.269 e. The number of rotatable bonds is 9. The Labute approximate surface area is 221 Å². The van der Waals surface area contributed by atoms with E-state index in [0.29, 0.717) is 17.8 Å². The Hall–Kier alpha value is -4.78. The van der Waals surface area contributed by atoms with Crippen molar-refractivity contribution in [3.8, 4) is 0 Å². The van der Waals surface area contributed by atoms with Gasteiger partial charge < -0.3 is 10.2 Å². The SMILES string of the molecule is Cc1ccc(CN(C(=O)c2ccc([N+](=O)[O-])cc2)c2cccc(CC(=O)NC(C)c3ccccc3)c2)cc1. The molecule has 0 aliphatic carbocycles. The Balaban J connectivity index is 1.57. The van der Waals surface area contributed by atoms with E-state index in [1.165, 1.54) is 24.3 Å². The predicted molar refractivity (Wildman–Crippen MR) is 148 cm³/mol. The van der Waals surface area contributed by atoms with Crippen LogP contribution in [0.3, 0.4) is 0 Å². The zero-order valence-corrected chi connectivity index (χ0v) is 21.3. The summed E-state index contributed by atoms with van der Waals surface area (Å²) in [4.78, 5) is 38.6. The maximum Gasteiger partial charge on any atom is 0.269 e. The number of carbonyl (C=O) groups excluding carboxylic acids is 2. The summed E-state index contributed by atoms with van der Waals surface area (Å²) in [6.45, 7) is 4.24. The molecule has 0 saturated carbocycles. The van der Waals surface area contributed by atoms with Gasteiger partial charge in [0.1, 0.15) is 0 Å². The third kappa shape index (κ3) is 6.70. The van der Waals surface area contributed by atoms with Crippen LogP contribution in [-0.2, 0) is 17.8 Å². The largest absolute Gasteiger partial charge is 0.349 e. The minimum absolute atomic E-state index is 0.0793. The monoisotopic (exact) mass is 507 g/mol. The Bertz CT molecular complexity index is 1420. The molecule has 0 aromatic heterocycles. The summed E-state index contributed by atoms with van der Waals surface area (Å²) >= 11 is 0. The number of nitrogens with one attached hydrogen (secondary N) is 1. The quantitative estimate of drug-likeness (QED) is 0.217. The van der Waals surface area contributed by atoms with Crippen LogP contribution in [0.4, 0.5) is 11.4 Å². The summed E-state index contributed by atoms with van der Waals surface area (Å²) in [6, 6.07) is 30.4. The van der Waals surface area contributed by atoms with Gasteiger partial charge in [0.2, 0.25) is 5.91 Å². The molecule has 0 saturated heterocycles. The highest BCUT2D eigenvalue weighted by Gasteiger charge is 2.20. The first-order valence-electron chi connectivity index (χ1n) is 12.4. The normalized spacial score (nSPS) is 11.4. The third-order valence-electron chi connectivity index (χ3n) is 6.30. The van der Waals surface area contributed by atoms with Crippen molar-refractivity contribution in [3.05, 3.63) is 141 Å². The highest BCUT2D eigenvalue weighted by Crippen LogP contribution is 2.24. The zero-order valence-electron chi connectivity index (χ0n) is 21.3. The van der Waals surface area contributed by atoms with Crippen molar-refractivity contribution in [2.75, 3.05) is 4.90 Å². The van der Waals surface area contributed by atoms with E-state index in [1.54, 1.807) is 4.90 Å². The van der Waals surface area contributed by atoms with E-state index in [0.717, 1.165) is 22.3 Å². The lowest BCUT2D eigenvalue weighted by atomic mass is 10.1. The van der Waals surface area contributed by atoms with Crippen LogP contribution < -0.4 is 10.2 Å². The molecule has 0 spiro atoms. The van der Waals surface area contributed by atoms with Crippen molar-refractivity contribution in [2.45, 2.75) is 32.9 Å². The van der Waals surface area contributed by atoms with Gasteiger partial charge in [0, 0.05) is 23.4 Å². The second-order valence-corrected chi connectivity index (χ2v) is 9.23. The predicted octanol–water partition coefficient (Wildman–Crippen LogP) is 6.17. The van der Waals surface area contributed by atoms with Crippen molar-refractivity contribution >= 4 is 23.2 Å². The van der Waals surface area contributed by atoms with Crippen LogP contribution >= 0.6 is 0 Å². The van der Waals surface area contributed by atoms with Crippen molar-refractivity contribution in [1.29, 1.82) is 0 Å². The second kappa shape index (κ2) is 12.0. The molecule has 7 heteroatoms. The molecule has 4 aromatic rings. The molecule has 1 unspecified atom stereocenters. The summed E-state index contributed by atoms with van der Waals surface area (Å²) in [5.74, 6) is -0.412. The molecule has 0 heterocycles.